The van der Waals surface area contributed by atoms with E-state index in [0.717, 1.165) is 34.9 Å². The van der Waals surface area contributed by atoms with Crippen molar-refractivity contribution in [2.24, 2.45) is 5.73 Å². The lowest BCUT2D eigenvalue weighted by atomic mass is 9.89. The second-order valence-corrected chi connectivity index (χ2v) is 30.9. The quantitative estimate of drug-likeness (QED) is 0.00397. The Morgan fingerprint density at radius 1 is 0.827 bits per heavy atom. The zero-order valence-electron chi connectivity index (χ0n) is 51.5. The van der Waals surface area contributed by atoms with Gasteiger partial charge in [0.25, 0.3) is 26.1 Å². The van der Waals surface area contributed by atoms with Crippen molar-refractivity contribution >= 4 is 112 Å². The molecule has 540 valence electrons. The minimum atomic E-state index is -5.80. The van der Waals surface area contributed by atoms with Gasteiger partial charge in [0.05, 0.1) is 87.8 Å². The van der Waals surface area contributed by atoms with Gasteiger partial charge in [-0.3, -0.25) is 28.4 Å². The summed E-state index contributed by atoms with van der Waals surface area (Å²) >= 11 is 0. The van der Waals surface area contributed by atoms with E-state index in [1.54, 1.807) is 0 Å². The molecule has 2 aromatic carbocycles. The van der Waals surface area contributed by atoms with Gasteiger partial charge in [-0.25, -0.2) is 32.9 Å². The lowest BCUT2D eigenvalue weighted by Gasteiger charge is -2.22. The molecule has 1 fully saturated rings. The number of benzene rings is 3. The number of amides is 3. The van der Waals surface area contributed by atoms with Gasteiger partial charge in [-0.1, -0.05) is 33.4 Å². The molecule has 6 rings (SSSR count). The number of unbranched alkanes of at least 4 members (excludes halogenated alkanes) is 1. The smallest absolute Gasteiger partial charge is 0.478 e. The largest absolute Gasteiger partial charge is 0.490 e. The maximum atomic E-state index is 13.4. The van der Waals surface area contributed by atoms with Gasteiger partial charge < -0.3 is 95.4 Å². The number of nitrogen functional groups attached to an aromatic ring is 2. The van der Waals surface area contributed by atoms with Crippen molar-refractivity contribution in [2.45, 2.75) is 72.5 Å². The van der Waals surface area contributed by atoms with Gasteiger partial charge in [-0.2, -0.15) is 30.4 Å². The molecule has 2 aliphatic heterocycles. The second-order valence-electron chi connectivity index (χ2n) is 20.8. The Bertz CT molecular complexity index is 4260. The fraction of sp³-hybridized carbons (Fsp3) is 0.442. The molecular formula is C52H68N9O30P3S4. The first-order chi connectivity index (χ1) is 45.9. The molecule has 39 nitrogen and oxygen atoms in total. The molecule has 1 aromatic heterocycles. The van der Waals surface area contributed by atoms with Crippen LogP contribution in [0.1, 0.15) is 72.0 Å². The van der Waals surface area contributed by atoms with Gasteiger partial charge in [-0.15, -0.1) is 0 Å². The molecule has 46 heteroatoms. The number of carbonyl (C=O) groups excluding carboxylic acids is 3. The summed E-state index contributed by atoms with van der Waals surface area (Å²) in [5.41, 5.74) is 13.8. The van der Waals surface area contributed by atoms with Crippen LogP contribution >= 0.6 is 45.1 Å². The molecule has 0 saturated carbocycles. The van der Waals surface area contributed by atoms with E-state index in [4.69, 9.17) is 70.0 Å². The number of nitrogens with zero attached hydrogens (tertiary/aromatic N) is 2. The number of phosphoric acid groups is 3. The predicted molar refractivity (Wildman–Crippen MR) is 344 cm³/mol. The van der Waals surface area contributed by atoms with Crippen LogP contribution in [-0.4, -0.2) is 186 Å². The summed E-state index contributed by atoms with van der Waals surface area (Å²) in [6.07, 6.45) is -2.27. The standard InChI is InChI=1S/C52H68N9O30P3S4/c1-52(2,96-95-29-83-17-3-4-18-84-50(66)58-14-5-6-31-26-61(49(65)60-46(31)56)40-25-38(86-28-53)39(88-40)27-87-93(71,72)91-94(73,74)90-92(68,69)70)13-19-85-51(67)59-16-21-82-23-22-81-20-15-57-47(62)30-7-8-32(48(63)64)35(24-30)41-33-9-11-36(54)44(97(75,76)77)42(33)89-43-34(41)10-12-37(55)45(43)98(78,79)80/h7-12,24,26,38-40,54H,3-4,13-23,25,27-29,53,55H2,1-2H3,(H,57,62)(H,58,66)(H,59,67)(H,63,64)(H,71,72)(H,73,74)(H2,56,60,65)(H2,68,69,70)(H,75,76,77)(H,78,79,80)/t38-,39?,40-/m1/s1. The molecule has 5 atom stereocenters. The number of fused-ring (bicyclic) bond motifs is 2. The van der Waals surface area contributed by atoms with Gasteiger partial charge >= 0.3 is 47.3 Å². The SMILES string of the molecule is CC(C)(CCOC(=O)NCCOCCOCCNC(=O)c1ccc(C(=O)O)c(-c2c3ccc(=N)c(S(=O)(=O)O)c-3oc3c(S(=O)(=O)O)c(N)ccc23)c1)SSCOCCCCOC(=O)NCC#Cc1cn([C@H]2C[C@@H](OCN)C(COP(=O)(O)OP(=O)(O)OP(=O)(O)O)O2)c(=O)nc1N. The van der Waals surface area contributed by atoms with Gasteiger partial charge in [0.15, 0.2) is 21.1 Å². The molecule has 3 amide bonds. The molecule has 3 aromatic rings. The van der Waals surface area contributed by atoms with E-state index in [-0.39, 0.29) is 109 Å². The summed E-state index contributed by atoms with van der Waals surface area (Å²) in [4.78, 5) is 102. The summed E-state index contributed by atoms with van der Waals surface area (Å²) < 4.78 is 162. The molecule has 3 unspecified atom stereocenters. The van der Waals surface area contributed by atoms with Crippen molar-refractivity contribution in [3.05, 3.63) is 81.2 Å². The highest BCUT2D eigenvalue weighted by atomic mass is 33.1. The number of aromatic nitrogens is 2. The number of carboxylic acids is 1. The van der Waals surface area contributed by atoms with Crippen molar-refractivity contribution in [2.75, 3.05) is 96.6 Å². The molecule has 1 saturated heterocycles. The molecule has 1 aliphatic carbocycles. The van der Waals surface area contributed by atoms with E-state index >= 15 is 0 Å². The molecule has 98 heavy (non-hydrogen) atoms. The third-order valence-corrected chi connectivity index (χ3v) is 21.8. The number of hydrogen-bond donors (Lipinski definition) is 14. The number of nitrogens with two attached hydrogens (primary N) is 3. The van der Waals surface area contributed by atoms with Crippen LogP contribution in [0.4, 0.5) is 21.1 Å². The van der Waals surface area contributed by atoms with Gasteiger partial charge in [-0.05, 0) is 81.1 Å². The van der Waals surface area contributed by atoms with E-state index in [1.807, 2.05) is 13.8 Å². The highest BCUT2D eigenvalue weighted by Crippen LogP contribution is 2.66. The average Bonchev–Trinajstić information content (AvgIpc) is 0.827. The summed E-state index contributed by atoms with van der Waals surface area (Å²) in [5, 5.41) is 25.1. The minimum absolute atomic E-state index is 0.00212. The predicted octanol–water partition coefficient (Wildman–Crippen LogP) is 3.10. The van der Waals surface area contributed by atoms with Crippen molar-refractivity contribution in [3.8, 4) is 34.3 Å². The number of alkyl carbamates (subject to hydrolysis) is 2. The zero-order valence-corrected chi connectivity index (χ0v) is 57.4. The van der Waals surface area contributed by atoms with E-state index < -0.39 is 143 Å². The second kappa shape index (κ2) is 35.6. The summed E-state index contributed by atoms with van der Waals surface area (Å²) in [5.74, 6) is 2.36. The number of carbonyl (C=O) groups is 4. The first-order valence-electron chi connectivity index (χ1n) is 28.4. The molecule has 17 N–H and O–H groups in total. The maximum absolute atomic E-state index is 13.4. The lowest BCUT2D eigenvalue weighted by Crippen LogP contribution is -2.31. The van der Waals surface area contributed by atoms with Gasteiger partial charge in [0, 0.05) is 59.1 Å². The number of nitrogens with one attached hydrogen (secondary N) is 4. The first-order valence-corrected chi connectivity index (χ1v) is 38.1. The van der Waals surface area contributed by atoms with Crippen LogP contribution in [0.5, 0.6) is 0 Å². The van der Waals surface area contributed by atoms with E-state index in [2.05, 4.69) is 45.9 Å². The third kappa shape index (κ3) is 24.3. The Morgan fingerprint density at radius 3 is 2.15 bits per heavy atom. The van der Waals surface area contributed by atoms with Crippen LogP contribution in [0.2, 0.25) is 0 Å². The Balaban J connectivity index is 0.806. The molecule has 0 spiro atoms. The normalized spacial score (nSPS) is 16.4. The third-order valence-electron chi connectivity index (χ3n) is 13.1. The number of aromatic carboxylic acids is 1. The Kier molecular flexibility index (Phi) is 29.2. The average molecular weight is 1520 g/mol. The van der Waals surface area contributed by atoms with Crippen LogP contribution in [0.25, 0.3) is 33.4 Å². The Morgan fingerprint density at radius 2 is 1.49 bits per heavy atom. The number of ether oxygens (including phenoxy) is 7. The van der Waals surface area contributed by atoms with Gasteiger partial charge in [0.2, 0.25) is 0 Å². The number of carboxylic acid groups (broad SMARTS) is 1. The minimum Gasteiger partial charge on any atom is -0.478 e. The number of rotatable bonds is 37. The highest BCUT2D eigenvalue weighted by molar-refractivity contribution is 8.77. The molecular weight excluding hydrogens is 1450 g/mol. The van der Waals surface area contributed by atoms with E-state index in [0.29, 0.717) is 31.8 Å². The van der Waals surface area contributed by atoms with Crippen molar-refractivity contribution in [3.63, 3.8) is 0 Å². The van der Waals surface area contributed by atoms with Crippen LogP contribution in [0.15, 0.2) is 67.7 Å². The lowest BCUT2D eigenvalue weighted by molar-refractivity contribution is -0.0601. The van der Waals surface area contributed by atoms with Crippen molar-refractivity contribution in [1.82, 2.24) is 25.5 Å². The van der Waals surface area contributed by atoms with Crippen LogP contribution < -0.4 is 44.2 Å². The fourth-order valence-electron chi connectivity index (χ4n) is 8.87. The summed E-state index contributed by atoms with van der Waals surface area (Å²) in [6.45, 7) is 3.42. The van der Waals surface area contributed by atoms with E-state index in [9.17, 15) is 78.5 Å². The van der Waals surface area contributed by atoms with E-state index in [1.165, 1.54) is 39.9 Å². The fourth-order valence-corrected chi connectivity index (χ4v) is 15.7. The van der Waals surface area contributed by atoms with Crippen LogP contribution in [-0.2, 0) is 80.2 Å². The van der Waals surface area contributed by atoms with Crippen molar-refractivity contribution in [1.29, 1.82) is 5.41 Å². The number of anilines is 2. The maximum Gasteiger partial charge on any atom is 0.490 e. The van der Waals surface area contributed by atoms with Crippen LogP contribution in [0.3, 0.4) is 0 Å². The molecule has 3 heterocycles. The van der Waals surface area contributed by atoms with Crippen LogP contribution in [0, 0.1) is 17.3 Å². The first kappa shape index (κ1) is 80.3. The topological polar surface area (TPSA) is 608 Å². The van der Waals surface area contributed by atoms with Crippen molar-refractivity contribution < 1.29 is 134 Å². The molecule has 0 bridgehead atoms. The summed E-state index contributed by atoms with van der Waals surface area (Å²) in [7, 11) is -24.4. The number of hydrogen-bond acceptors (Lipinski definition) is 30. The molecule has 0 radical (unpaired) electrons. The monoisotopic (exact) mass is 1520 g/mol. The van der Waals surface area contributed by atoms with Gasteiger partial charge in [0.1, 0.15) is 24.1 Å². The summed E-state index contributed by atoms with van der Waals surface area (Å²) in [6, 6.07) is 7.81. The number of phosphoric ester groups is 1. The Labute approximate surface area is 564 Å². The molecule has 3 aliphatic rings. The zero-order chi connectivity index (χ0) is 72.4. The highest BCUT2D eigenvalue weighted by Gasteiger charge is 2.44. The Hall–Kier alpha value is -6.66.